The fraction of sp³-hybridized carbons (Fsp3) is 0.438. The van der Waals surface area contributed by atoms with Gasteiger partial charge in [0.25, 0.3) is 0 Å². The third-order valence-corrected chi connectivity index (χ3v) is 6.42. The molecule has 3 aliphatic rings. The van der Waals surface area contributed by atoms with Crippen molar-refractivity contribution in [1.82, 2.24) is 9.88 Å². The molecule has 3 heteroatoms. The van der Waals surface area contributed by atoms with Crippen molar-refractivity contribution in [2.75, 3.05) is 19.6 Å². The van der Waals surface area contributed by atoms with E-state index in [0.29, 0.717) is 5.41 Å². The largest absolute Gasteiger partial charge is 0.302 e. The summed E-state index contributed by atoms with van der Waals surface area (Å²) in [5.74, 6) is 0. The number of hydrogen-bond donors (Lipinski definition) is 0. The Morgan fingerprint density at radius 1 is 1.16 bits per heavy atom. The molecule has 0 radical (unpaired) electrons. The topological polar surface area (TPSA) is 16.1 Å². The molecule has 2 bridgehead atoms. The number of piperidine rings is 1. The first kappa shape index (κ1) is 10.6. The molecule has 96 valence electrons. The van der Waals surface area contributed by atoms with Crippen LogP contribution in [0, 0.1) is 0 Å². The first-order valence-electron chi connectivity index (χ1n) is 7.15. The van der Waals surface area contributed by atoms with Crippen molar-refractivity contribution in [3.63, 3.8) is 0 Å². The Morgan fingerprint density at radius 3 is 2.79 bits per heavy atom. The lowest BCUT2D eigenvalue weighted by molar-refractivity contribution is 0.364. The van der Waals surface area contributed by atoms with Crippen LogP contribution in [-0.2, 0) is 11.8 Å². The maximum atomic E-state index is 5.08. The van der Waals surface area contributed by atoms with E-state index in [2.05, 4.69) is 29.2 Å². The molecule has 0 saturated carbocycles. The summed E-state index contributed by atoms with van der Waals surface area (Å²) in [6.45, 7) is 3.81. The lowest BCUT2D eigenvalue weighted by Crippen LogP contribution is -2.24. The van der Waals surface area contributed by atoms with Crippen molar-refractivity contribution < 1.29 is 0 Å². The maximum Gasteiger partial charge on any atom is 0.101 e. The van der Waals surface area contributed by atoms with Crippen LogP contribution in [0.4, 0.5) is 0 Å². The molecular weight excluding hydrogens is 252 g/mol. The van der Waals surface area contributed by atoms with E-state index in [1.165, 1.54) is 59.2 Å². The highest BCUT2D eigenvalue weighted by molar-refractivity contribution is 7.12. The second kappa shape index (κ2) is 3.47. The Bertz CT molecular complexity index is 665. The van der Waals surface area contributed by atoms with Gasteiger partial charge in [0.2, 0.25) is 0 Å². The van der Waals surface area contributed by atoms with Crippen molar-refractivity contribution in [3.05, 3.63) is 39.7 Å². The second-order valence-electron chi connectivity index (χ2n) is 6.18. The second-order valence-corrected chi connectivity index (χ2v) is 7.26. The van der Waals surface area contributed by atoms with Crippen LogP contribution in [0.2, 0.25) is 0 Å². The zero-order valence-electron chi connectivity index (χ0n) is 10.9. The van der Waals surface area contributed by atoms with Gasteiger partial charge in [0, 0.05) is 28.8 Å². The van der Waals surface area contributed by atoms with Gasteiger partial charge in [-0.25, -0.2) is 4.98 Å². The van der Waals surface area contributed by atoms with Crippen molar-refractivity contribution in [3.8, 4) is 11.3 Å². The van der Waals surface area contributed by atoms with Gasteiger partial charge >= 0.3 is 0 Å². The fourth-order valence-corrected chi connectivity index (χ4v) is 5.33. The summed E-state index contributed by atoms with van der Waals surface area (Å²) < 4.78 is 0. The quantitative estimate of drug-likeness (QED) is 0.674. The molecule has 1 aromatic carbocycles. The van der Waals surface area contributed by atoms with Crippen LogP contribution in [0.15, 0.2) is 24.3 Å². The lowest BCUT2D eigenvalue weighted by atomic mass is 9.85. The summed E-state index contributed by atoms with van der Waals surface area (Å²) in [5.41, 5.74) is 4.53. The van der Waals surface area contributed by atoms with Gasteiger partial charge in [-0.2, -0.15) is 0 Å². The van der Waals surface area contributed by atoms with E-state index >= 15 is 0 Å². The van der Waals surface area contributed by atoms with Gasteiger partial charge in [-0.05, 0) is 31.5 Å². The van der Waals surface area contributed by atoms with Gasteiger partial charge in [-0.15, -0.1) is 11.3 Å². The van der Waals surface area contributed by atoms with Crippen LogP contribution in [0.25, 0.3) is 11.3 Å². The number of hydrogen-bond acceptors (Lipinski definition) is 3. The van der Waals surface area contributed by atoms with E-state index in [1.54, 1.807) is 0 Å². The normalized spacial score (nSPS) is 30.6. The van der Waals surface area contributed by atoms with Gasteiger partial charge < -0.3 is 4.90 Å². The molecule has 0 amide bonds. The maximum absolute atomic E-state index is 5.08. The average Bonchev–Trinajstić information content (AvgIpc) is 3.17. The lowest BCUT2D eigenvalue weighted by Gasteiger charge is -2.22. The zero-order chi connectivity index (χ0) is 12.4. The standard InChI is InChI=1S/C16H16N2S/c1-2-4-12-11(3-1)9-13-14(12)17-15(19-13)16-5-7-18(10-16)8-6-16/h1-4H,5-10H2. The third-order valence-electron chi connectivity index (χ3n) is 5.11. The SMILES string of the molecule is c1ccc2c(c1)Cc1sc(C34CCN(CC3)C4)nc1-2. The number of thiazole rings is 1. The zero-order valence-corrected chi connectivity index (χ0v) is 11.7. The van der Waals surface area contributed by atoms with Crippen LogP contribution in [0.3, 0.4) is 0 Å². The highest BCUT2D eigenvalue weighted by Crippen LogP contribution is 2.48. The van der Waals surface area contributed by atoms with Crippen molar-refractivity contribution in [1.29, 1.82) is 0 Å². The van der Waals surface area contributed by atoms with E-state index in [0.717, 1.165) is 6.42 Å². The summed E-state index contributed by atoms with van der Waals surface area (Å²) in [6, 6.07) is 8.76. The minimum atomic E-state index is 0.407. The monoisotopic (exact) mass is 268 g/mol. The molecule has 3 heterocycles. The molecule has 0 atom stereocenters. The molecule has 2 fully saturated rings. The van der Waals surface area contributed by atoms with Gasteiger partial charge in [0.05, 0.1) is 5.69 Å². The molecule has 0 spiro atoms. The highest BCUT2D eigenvalue weighted by Gasteiger charge is 2.47. The minimum Gasteiger partial charge on any atom is -0.302 e. The van der Waals surface area contributed by atoms with Crippen LogP contribution in [0.5, 0.6) is 0 Å². The smallest absolute Gasteiger partial charge is 0.101 e. The van der Waals surface area contributed by atoms with Gasteiger partial charge in [-0.1, -0.05) is 24.3 Å². The average molecular weight is 268 g/mol. The Labute approximate surface area is 117 Å². The molecule has 2 aliphatic heterocycles. The molecule has 1 aliphatic carbocycles. The number of rotatable bonds is 1. The molecule has 19 heavy (non-hydrogen) atoms. The van der Waals surface area contributed by atoms with Crippen LogP contribution >= 0.6 is 11.3 Å². The van der Waals surface area contributed by atoms with E-state index < -0.39 is 0 Å². The van der Waals surface area contributed by atoms with Gasteiger partial charge in [0.1, 0.15) is 5.01 Å². The Kier molecular flexibility index (Phi) is 1.93. The van der Waals surface area contributed by atoms with Gasteiger partial charge in [0.15, 0.2) is 0 Å². The summed E-state index contributed by atoms with van der Waals surface area (Å²) in [5, 5.41) is 1.42. The number of benzene rings is 1. The van der Waals surface area contributed by atoms with Crippen molar-refractivity contribution in [2.45, 2.75) is 24.7 Å². The fourth-order valence-electron chi connectivity index (χ4n) is 3.99. The van der Waals surface area contributed by atoms with E-state index in [-0.39, 0.29) is 0 Å². The molecule has 0 unspecified atom stereocenters. The molecule has 1 aromatic heterocycles. The molecule has 0 N–H and O–H groups in total. The van der Waals surface area contributed by atoms with E-state index in [4.69, 9.17) is 4.98 Å². The number of nitrogens with zero attached hydrogens (tertiary/aromatic N) is 2. The number of aromatic nitrogens is 1. The third kappa shape index (κ3) is 1.32. The number of fused-ring (bicyclic) bond motifs is 5. The molecular formula is C16H16N2S. The summed E-state index contributed by atoms with van der Waals surface area (Å²) in [6.07, 6.45) is 3.74. The molecule has 2 aromatic rings. The first-order valence-corrected chi connectivity index (χ1v) is 7.97. The van der Waals surface area contributed by atoms with Crippen molar-refractivity contribution in [2.24, 2.45) is 0 Å². The Hall–Kier alpha value is -1.19. The first-order chi connectivity index (χ1) is 9.34. The Balaban J connectivity index is 1.63. The van der Waals surface area contributed by atoms with E-state index in [9.17, 15) is 0 Å². The van der Waals surface area contributed by atoms with Crippen molar-refractivity contribution >= 4 is 11.3 Å². The predicted molar refractivity (Wildman–Crippen MR) is 77.7 cm³/mol. The highest BCUT2D eigenvalue weighted by atomic mass is 32.1. The van der Waals surface area contributed by atoms with Crippen LogP contribution in [0.1, 0.15) is 28.3 Å². The minimum absolute atomic E-state index is 0.407. The summed E-state index contributed by atoms with van der Waals surface area (Å²) in [4.78, 5) is 9.17. The molecule has 2 saturated heterocycles. The Morgan fingerprint density at radius 2 is 2.00 bits per heavy atom. The van der Waals surface area contributed by atoms with E-state index in [1.807, 2.05) is 11.3 Å². The predicted octanol–water partition coefficient (Wildman–Crippen LogP) is 3.06. The molecule has 5 rings (SSSR count). The van der Waals surface area contributed by atoms with Crippen LogP contribution in [-0.4, -0.2) is 29.5 Å². The molecule has 2 nitrogen and oxygen atoms in total. The summed E-state index contributed by atoms with van der Waals surface area (Å²) in [7, 11) is 0. The van der Waals surface area contributed by atoms with Gasteiger partial charge in [-0.3, -0.25) is 0 Å². The summed E-state index contributed by atoms with van der Waals surface area (Å²) >= 11 is 1.99. The van der Waals surface area contributed by atoms with Crippen LogP contribution < -0.4 is 0 Å².